The van der Waals surface area contributed by atoms with Crippen molar-refractivity contribution >= 4 is 24.0 Å². The van der Waals surface area contributed by atoms with Crippen LogP contribution in [0, 0.1) is 5.41 Å². The van der Waals surface area contributed by atoms with E-state index in [0.717, 1.165) is 22.8 Å². The van der Waals surface area contributed by atoms with Gasteiger partial charge in [-0.3, -0.25) is 0 Å². The molecule has 76 valence electrons. The maximum absolute atomic E-state index is 5.80. The van der Waals surface area contributed by atoms with Gasteiger partial charge in [0.15, 0.2) is 0 Å². The second kappa shape index (κ2) is 7.15. The Morgan fingerprint density at radius 1 is 1.50 bits per heavy atom. The van der Waals surface area contributed by atoms with Gasteiger partial charge in [0.2, 0.25) is 0 Å². The van der Waals surface area contributed by atoms with Gasteiger partial charge in [0.25, 0.3) is 0 Å². The summed E-state index contributed by atoms with van der Waals surface area (Å²) in [5.74, 6) is 0. The molecule has 0 amide bonds. The van der Waals surface area contributed by atoms with E-state index in [2.05, 4.69) is 25.5 Å². The summed E-state index contributed by atoms with van der Waals surface area (Å²) in [6.45, 7) is 8.40. The quantitative estimate of drug-likeness (QED) is 0.729. The normalized spacial score (nSPS) is 8.43. The largest absolute Gasteiger partial charge is 0.359 e. The first kappa shape index (κ1) is 12.7. The summed E-state index contributed by atoms with van der Waals surface area (Å²) in [4.78, 5) is 0. The van der Waals surface area contributed by atoms with Gasteiger partial charge in [-0.25, -0.2) is 0 Å². The van der Waals surface area contributed by atoms with Crippen LogP contribution in [0.2, 0.25) is 5.02 Å². The molecule has 0 bridgehead atoms. The summed E-state index contributed by atoms with van der Waals surface area (Å²) in [6, 6.07) is 7.60. The summed E-state index contributed by atoms with van der Waals surface area (Å²) < 4.78 is 0. The second-order valence-electron chi connectivity index (χ2n) is 2.59. The monoisotopic (exact) mass is 210 g/mol. The van der Waals surface area contributed by atoms with E-state index in [-0.39, 0.29) is 0 Å². The van der Waals surface area contributed by atoms with Crippen molar-refractivity contribution in [3.8, 4) is 0 Å². The number of hydrogen-bond acceptors (Lipinski definition) is 2. The fourth-order valence-corrected chi connectivity index (χ4v) is 1.05. The average Bonchev–Trinajstić information content (AvgIpc) is 2.21. The van der Waals surface area contributed by atoms with Gasteiger partial charge in [0, 0.05) is 16.4 Å². The molecule has 0 spiro atoms. The highest BCUT2D eigenvalue weighted by atomic mass is 35.5. The summed E-state index contributed by atoms with van der Waals surface area (Å²) in [7, 11) is 0. The van der Waals surface area contributed by atoms with Gasteiger partial charge in [-0.1, -0.05) is 31.2 Å². The van der Waals surface area contributed by atoms with Crippen molar-refractivity contribution in [2.24, 2.45) is 0 Å². The van der Waals surface area contributed by atoms with E-state index in [1.807, 2.05) is 24.3 Å². The molecule has 0 unspecified atom stereocenters. The Kier molecular flexibility index (Phi) is 6.50. The van der Waals surface area contributed by atoms with Gasteiger partial charge in [0.05, 0.1) is 0 Å². The van der Waals surface area contributed by atoms with E-state index >= 15 is 0 Å². The van der Waals surface area contributed by atoms with Crippen molar-refractivity contribution in [3.63, 3.8) is 0 Å². The minimum Gasteiger partial charge on any atom is -0.359 e. The lowest BCUT2D eigenvalue weighted by Gasteiger charge is -2.06. The molecule has 0 aliphatic carbocycles. The van der Waals surface area contributed by atoms with E-state index in [9.17, 15) is 0 Å². The first-order valence-corrected chi connectivity index (χ1v) is 4.66. The number of benzene rings is 1. The molecule has 0 aliphatic heterocycles. The molecular formula is C11H15ClN2. The smallest absolute Gasteiger partial charge is 0.0426 e. The molecule has 1 aromatic carbocycles. The lowest BCUT2D eigenvalue weighted by atomic mass is 10.3. The Labute approximate surface area is 90.1 Å². The van der Waals surface area contributed by atoms with Crippen LogP contribution in [0.3, 0.4) is 0 Å². The highest BCUT2D eigenvalue weighted by Gasteiger charge is 1.93. The Morgan fingerprint density at radius 2 is 2.14 bits per heavy atom. The summed E-state index contributed by atoms with van der Waals surface area (Å²) in [5.41, 5.74) is 1.99. The maximum Gasteiger partial charge on any atom is 0.0426 e. The van der Waals surface area contributed by atoms with Crippen LogP contribution in [0.4, 0.5) is 5.69 Å². The SMILES string of the molecule is C=C(CC)Nc1cccc(Cl)c1.C=N. The number of hydrogen-bond donors (Lipinski definition) is 2. The predicted octanol–water partition coefficient (Wildman–Crippen LogP) is 3.94. The minimum absolute atomic E-state index is 0.740. The van der Waals surface area contributed by atoms with Crippen LogP contribution in [0.25, 0.3) is 0 Å². The Hall–Kier alpha value is -1.28. The van der Waals surface area contributed by atoms with Crippen LogP contribution < -0.4 is 5.32 Å². The first-order valence-electron chi connectivity index (χ1n) is 4.28. The van der Waals surface area contributed by atoms with Crippen molar-refractivity contribution in [2.45, 2.75) is 13.3 Å². The lowest BCUT2D eigenvalue weighted by molar-refractivity contribution is 1.11. The molecule has 0 heterocycles. The van der Waals surface area contributed by atoms with Crippen molar-refractivity contribution in [1.29, 1.82) is 5.41 Å². The van der Waals surface area contributed by atoms with E-state index < -0.39 is 0 Å². The summed E-state index contributed by atoms with van der Waals surface area (Å²) in [6.07, 6.45) is 0.923. The fourth-order valence-electron chi connectivity index (χ4n) is 0.859. The first-order chi connectivity index (χ1) is 6.72. The van der Waals surface area contributed by atoms with Crippen LogP contribution in [-0.2, 0) is 0 Å². The molecule has 1 rings (SSSR count). The van der Waals surface area contributed by atoms with Gasteiger partial charge in [-0.15, -0.1) is 0 Å². The van der Waals surface area contributed by atoms with E-state index in [0.29, 0.717) is 0 Å². The summed E-state index contributed by atoms with van der Waals surface area (Å²) >= 11 is 5.80. The number of halogens is 1. The number of nitrogens with one attached hydrogen (secondary N) is 2. The molecule has 0 radical (unpaired) electrons. The number of anilines is 1. The molecule has 0 atom stereocenters. The predicted molar refractivity (Wildman–Crippen MR) is 64.3 cm³/mol. The number of rotatable bonds is 3. The van der Waals surface area contributed by atoms with Gasteiger partial charge in [-0.2, -0.15) is 0 Å². The zero-order valence-corrected chi connectivity index (χ0v) is 9.06. The molecule has 0 saturated heterocycles. The lowest BCUT2D eigenvalue weighted by Crippen LogP contribution is -1.95. The zero-order chi connectivity index (χ0) is 11.0. The standard InChI is InChI=1S/C10H12ClN.CH3N/c1-3-8(2)12-10-6-4-5-9(11)7-10;1-2/h4-7,12H,2-3H2,1H3;2H,1H2. The highest BCUT2D eigenvalue weighted by Crippen LogP contribution is 2.16. The third-order valence-corrected chi connectivity index (χ3v) is 1.81. The second-order valence-corrected chi connectivity index (χ2v) is 3.03. The average molecular weight is 211 g/mol. The van der Waals surface area contributed by atoms with Gasteiger partial charge < -0.3 is 10.7 Å². The van der Waals surface area contributed by atoms with E-state index in [4.69, 9.17) is 17.0 Å². The Balaban J connectivity index is 0.000000791. The van der Waals surface area contributed by atoms with Crippen molar-refractivity contribution < 1.29 is 0 Å². The topological polar surface area (TPSA) is 35.9 Å². The third-order valence-electron chi connectivity index (χ3n) is 1.57. The van der Waals surface area contributed by atoms with Gasteiger partial charge in [0.1, 0.15) is 0 Å². The molecule has 14 heavy (non-hydrogen) atoms. The van der Waals surface area contributed by atoms with Crippen LogP contribution in [-0.4, -0.2) is 6.72 Å². The highest BCUT2D eigenvalue weighted by molar-refractivity contribution is 6.30. The van der Waals surface area contributed by atoms with E-state index in [1.165, 1.54) is 0 Å². The Bertz CT molecular complexity index is 297. The van der Waals surface area contributed by atoms with Crippen LogP contribution in [0.5, 0.6) is 0 Å². The molecule has 0 aliphatic rings. The third kappa shape index (κ3) is 4.67. The van der Waals surface area contributed by atoms with Crippen molar-refractivity contribution in [3.05, 3.63) is 41.6 Å². The van der Waals surface area contributed by atoms with Crippen LogP contribution in [0.15, 0.2) is 36.5 Å². The molecule has 0 fully saturated rings. The maximum atomic E-state index is 5.80. The van der Waals surface area contributed by atoms with Crippen LogP contribution in [0.1, 0.15) is 13.3 Å². The molecule has 2 N–H and O–H groups in total. The van der Waals surface area contributed by atoms with Crippen LogP contribution >= 0.6 is 11.6 Å². The fraction of sp³-hybridized carbons (Fsp3) is 0.182. The molecule has 2 nitrogen and oxygen atoms in total. The molecule has 0 saturated carbocycles. The Morgan fingerprint density at radius 3 is 2.64 bits per heavy atom. The van der Waals surface area contributed by atoms with Gasteiger partial charge in [-0.05, 0) is 31.3 Å². The zero-order valence-electron chi connectivity index (χ0n) is 8.31. The van der Waals surface area contributed by atoms with Crippen molar-refractivity contribution in [1.82, 2.24) is 0 Å². The van der Waals surface area contributed by atoms with Gasteiger partial charge >= 0.3 is 0 Å². The molecule has 0 aromatic heterocycles. The summed E-state index contributed by atoms with van der Waals surface area (Å²) in [5, 5.41) is 9.39. The number of allylic oxidation sites excluding steroid dienone is 1. The molecule has 1 aromatic rings. The molecular weight excluding hydrogens is 196 g/mol. The molecule has 3 heteroatoms. The van der Waals surface area contributed by atoms with Crippen molar-refractivity contribution in [2.75, 3.05) is 5.32 Å². The minimum atomic E-state index is 0.740. The van der Waals surface area contributed by atoms with E-state index in [1.54, 1.807) is 0 Å².